The van der Waals surface area contributed by atoms with Crippen molar-refractivity contribution in [2.75, 3.05) is 7.11 Å². The van der Waals surface area contributed by atoms with Crippen molar-refractivity contribution in [3.63, 3.8) is 0 Å². The number of aryl methyl sites for hydroxylation is 1. The predicted octanol–water partition coefficient (Wildman–Crippen LogP) is 4.26. The van der Waals surface area contributed by atoms with E-state index in [1.54, 1.807) is 18.9 Å². The summed E-state index contributed by atoms with van der Waals surface area (Å²) >= 11 is 0. The average molecular weight is 409 g/mol. The van der Waals surface area contributed by atoms with E-state index in [-0.39, 0.29) is 18.5 Å². The molecule has 0 saturated carbocycles. The van der Waals surface area contributed by atoms with Crippen LogP contribution < -0.4 is 9.47 Å². The van der Waals surface area contributed by atoms with Crippen molar-refractivity contribution in [2.24, 2.45) is 0 Å². The van der Waals surface area contributed by atoms with Gasteiger partial charge in [0.05, 0.1) is 7.11 Å². The van der Waals surface area contributed by atoms with Gasteiger partial charge in [-0.1, -0.05) is 22.9 Å². The van der Waals surface area contributed by atoms with Gasteiger partial charge < -0.3 is 18.9 Å². The molecule has 0 unspecified atom stereocenters. The highest BCUT2D eigenvalue weighted by Crippen LogP contribution is 2.21. The van der Waals surface area contributed by atoms with E-state index < -0.39 is 6.10 Å². The molecule has 7 heteroatoms. The number of nitrogens with zero attached hydrogens (tertiary/aromatic N) is 3. The van der Waals surface area contributed by atoms with Gasteiger partial charge in [-0.05, 0) is 64.1 Å². The second kappa shape index (κ2) is 9.43. The summed E-state index contributed by atoms with van der Waals surface area (Å²) in [5.74, 6) is 2.10. The highest BCUT2D eigenvalue weighted by Gasteiger charge is 2.26. The molecule has 0 fully saturated rings. The molecule has 30 heavy (non-hydrogen) atoms. The minimum atomic E-state index is -0.640. The Morgan fingerprint density at radius 3 is 2.27 bits per heavy atom. The van der Waals surface area contributed by atoms with Gasteiger partial charge in [-0.15, -0.1) is 0 Å². The molecule has 7 nitrogen and oxygen atoms in total. The topological polar surface area (TPSA) is 77.7 Å². The summed E-state index contributed by atoms with van der Waals surface area (Å²) in [7, 11) is 1.61. The molecule has 0 aliphatic rings. The maximum absolute atomic E-state index is 13.0. The van der Waals surface area contributed by atoms with Crippen LogP contribution in [0.25, 0.3) is 11.4 Å². The fourth-order valence-corrected chi connectivity index (χ4v) is 2.94. The van der Waals surface area contributed by atoms with Gasteiger partial charge in [0.25, 0.3) is 5.91 Å². The Balaban J connectivity index is 1.69. The van der Waals surface area contributed by atoms with Gasteiger partial charge >= 0.3 is 0 Å². The number of carbonyl (C=O) groups excluding carboxylic acids is 1. The Labute approximate surface area is 176 Å². The first-order valence-corrected chi connectivity index (χ1v) is 9.88. The number of aromatic nitrogens is 2. The van der Waals surface area contributed by atoms with Crippen molar-refractivity contribution in [2.45, 2.75) is 46.4 Å². The van der Waals surface area contributed by atoms with E-state index in [9.17, 15) is 4.79 Å². The minimum absolute atomic E-state index is 0.0575. The molecule has 1 amide bonds. The van der Waals surface area contributed by atoms with Crippen LogP contribution in [0, 0.1) is 6.92 Å². The molecule has 158 valence electrons. The van der Waals surface area contributed by atoms with Crippen LogP contribution in [0.3, 0.4) is 0 Å². The number of hydrogen-bond donors (Lipinski definition) is 0. The summed E-state index contributed by atoms with van der Waals surface area (Å²) in [4.78, 5) is 19.1. The lowest BCUT2D eigenvalue weighted by Crippen LogP contribution is -2.43. The van der Waals surface area contributed by atoms with Crippen molar-refractivity contribution in [3.05, 3.63) is 60.0 Å². The van der Waals surface area contributed by atoms with E-state index in [2.05, 4.69) is 10.1 Å². The van der Waals surface area contributed by atoms with Crippen molar-refractivity contribution in [1.82, 2.24) is 15.0 Å². The maximum Gasteiger partial charge on any atom is 0.264 e. The zero-order chi connectivity index (χ0) is 21.7. The molecule has 0 aliphatic carbocycles. The van der Waals surface area contributed by atoms with Crippen LogP contribution in [0.2, 0.25) is 0 Å². The highest BCUT2D eigenvalue weighted by atomic mass is 16.5. The van der Waals surface area contributed by atoms with E-state index in [0.29, 0.717) is 17.5 Å². The summed E-state index contributed by atoms with van der Waals surface area (Å²) in [6, 6.07) is 14.9. The van der Waals surface area contributed by atoms with E-state index in [1.807, 2.05) is 69.3 Å². The largest absolute Gasteiger partial charge is 0.497 e. The Kier molecular flexibility index (Phi) is 6.72. The van der Waals surface area contributed by atoms with Gasteiger partial charge in [0.15, 0.2) is 6.10 Å². The zero-order valence-electron chi connectivity index (χ0n) is 18.0. The molecule has 0 spiro atoms. The standard InChI is InChI=1S/C23H27N3O4/c1-15(2)26(23(27)17(4)29-20-10-6-16(3)7-11-20)14-21-24-22(25-30-21)18-8-12-19(28-5)13-9-18/h6-13,15,17H,14H2,1-5H3/t17-/m1/s1. The molecule has 1 aromatic heterocycles. The molecule has 0 radical (unpaired) electrons. The molecule has 0 N–H and O–H groups in total. The smallest absolute Gasteiger partial charge is 0.264 e. The second-order valence-electron chi connectivity index (χ2n) is 7.37. The van der Waals surface area contributed by atoms with Crippen LogP contribution >= 0.6 is 0 Å². The molecule has 0 saturated heterocycles. The van der Waals surface area contributed by atoms with Crippen LogP contribution in [0.15, 0.2) is 53.1 Å². The minimum Gasteiger partial charge on any atom is -0.497 e. The average Bonchev–Trinajstić information content (AvgIpc) is 3.21. The molecule has 3 rings (SSSR count). The van der Waals surface area contributed by atoms with Gasteiger partial charge in [0.2, 0.25) is 11.7 Å². The zero-order valence-corrected chi connectivity index (χ0v) is 18.0. The summed E-state index contributed by atoms with van der Waals surface area (Å²) in [6.07, 6.45) is -0.640. The lowest BCUT2D eigenvalue weighted by atomic mass is 10.2. The van der Waals surface area contributed by atoms with Crippen molar-refractivity contribution in [3.8, 4) is 22.9 Å². The van der Waals surface area contributed by atoms with Crippen LogP contribution in [-0.4, -0.2) is 40.2 Å². The van der Waals surface area contributed by atoms with E-state index >= 15 is 0 Å². The molecule has 3 aromatic rings. The molecule has 1 atom stereocenters. The van der Waals surface area contributed by atoms with Gasteiger partial charge in [0, 0.05) is 11.6 Å². The van der Waals surface area contributed by atoms with Crippen LogP contribution in [-0.2, 0) is 11.3 Å². The fourth-order valence-electron chi connectivity index (χ4n) is 2.94. The quantitative estimate of drug-likeness (QED) is 0.553. The second-order valence-corrected chi connectivity index (χ2v) is 7.37. The lowest BCUT2D eigenvalue weighted by Gasteiger charge is -2.28. The Morgan fingerprint density at radius 2 is 1.67 bits per heavy atom. The van der Waals surface area contributed by atoms with Crippen LogP contribution in [0.4, 0.5) is 0 Å². The van der Waals surface area contributed by atoms with Gasteiger partial charge in [-0.3, -0.25) is 4.79 Å². The van der Waals surface area contributed by atoms with Crippen LogP contribution in [0.5, 0.6) is 11.5 Å². The SMILES string of the molecule is COc1ccc(-c2noc(CN(C(=O)[C@@H](C)Oc3ccc(C)cc3)C(C)C)n2)cc1. The predicted molar refractivity (Wildman–Crippen MR) is 113 cm³/mol. The van der Waals surface area contributed by atoms with Crippen molar-refractivity contribution >= 4 is 5.91 Å². The third-order valence-electron chi connectivity index (χ3n) is 4.71. The Bertz CT molecular complexity index is 965. The lowest BCUT2D eigenvalue weighted by molar-refractivity contribution is -0.140. The molecule has 0 aliphatic heterocycles. The number of carbonyl (C=O) groups is 1. The number of benzene rings is 2. The maximum atomic E-state index is 13.0. The highest BCUT2D eigenvalue weighted by molar-refractivity contribution is 5.81. The van der Waals surface area contributed by atoms with Crippen molar-refractivity contribution < 1.29 is 18.8 Å². The third-order valence-corrected chi connectivity index (χ3v) is 4.71. The normalized spacial score (nSPS) is 11.9. The van der Waals surface area contributed by atoms with E-state index in [0.717, 1.165) is 16.9 Å². The molecular formula is C23H27N3O4. The Morgan fingerprint density at radius 1 is 1.03 bits per heavy atom. The molecule has 1 heterocycles. The van der Waals surface area contributed by atoms with Gasteiger partial charge in [-0.25, -0.2) is 0 Å². The summed E-state index contributed by atoms with van der Waals surface area (Å²) in [6.45, 7) is 7.84. The monoisotopic (exact) mass is 409 g/mol. The van der Waals surface area contributed by atoms with Gasteiger partial charge in [-0.2, -0.15) is 4.98 Å². The number of amides is 1. The Hall–Kier alpha value is -3.35. The van der Waals surface area contributed by atoms with E-state index in [4.69, 9.17) is 14.0 Å². The van der Waals surface area contributed by atoms with E-state index in [1.165, 1.54) is 0 Å². The molecule has 2 aromatic carbocycles. The third kappa shape index (κ3) is 5.17. The summed E-state index contributed by atoms with van der Waals surface area (Å²) < 4.78 is 16.4. The number of methoxy groups -OCH3 is 1. The van der Waals surface area contributed by atoms with Crippen molar-refractivity contribution in [1.29, 1.82) is 0 Å². The van der Waals surface area contributed by atoms with Crippen LogP contribution in [0.1, 0.15) is 32.2 Å². The van der Waals surface area contributed by atoms with Gasteiger partial charge in [0.1, 0.15) is 18.0 Å². The summed E-state index contributed by atoms with van der Waals surface area (Å²) in [5, 5.41) is 4.04. The summed E-state index contributed by atoms with van der Waals surface area (Å²) in [5.41, 5.74) is 1.94. The molecular weight excluding hydrogens is 382 g/mol. The molecule has 0 bridgehead atoms. The first-order chi connectivity index (χ1) is 14.4. The first-order valence-electron chi connectivity index (χ1n) is 9.88. The fraction of sp³-hybridized carbons (Fsp3) is 0.348. The number of rotatable bonds is 8. The first kappa shape index (κ1) is 21.4. The number of ether oxygens (including phenoxy) is 2. The number of hydrogen-bond acceptors (Lipinski definition) is 6.